The van der Waals surface area contributed by atoms with Crippen molar-refractivity contribution in [3.8, 4) is 0 Å². The van der Waals surface area contributed by atoms with Gasteiger partial charge in [-0.1, -0.05) is 34.9 Å². The summed E-state index contributed by atoms with van der Waals surface area (Å²) in [4.78, 5) is 0. The Hall–Kier alpha value is -0.470. The molecule has 0 aromatic carbocycles. The number of aliphatic hydroxyl groups is 1. The van der Waals surface area contributed by atoms with Crippen LogP contribution in [-0.4, -0.2) is 23.2 Å². The molecule has 0 aliphatic heterocycles. The topological polar surface area (TPSA) is 20.2 Å². The number of rotatable bonds is 8. The summed E-state index contributed by atoms with van der Waals surface area (Å²) in [6.07, 6.45) is 12.0. The molecule has 0 fully saturated rings. The molecule has 0 unspecified atom stereocenters. The van der Waals surface area contributed by atoms with Gasteiger partial charge in [0.1, 0.15) is 0 Å². The first-order valence-electron chi connectivity index (χ1n) is 6.60. The van der Waals surface area contributed by atoms with Gasteiger partial charge < -0.3 is 5.11 Å². The zero-order valence-electron chi connectivity index (χ0n) is 12.5. The maximum atomic E-state index is 8.92. The van der Waals surface area contributed by atoms with Gasteiger partial charge in [-0.2, -0.15) is 11.8 Å². The minimum absolute atomic E-state index is 0.145. The van der Waals surface area contributed by atoms with E-state index in [4.69, 9.17) is 5.11 Å². The number of aliphatic hydroxyl groups excluding tert-OH is 1. The van der Waals surface area contributed by atoms with E-state index in [0.717, 1.165) is 19.3 Å². The lowest BCUT2D eigenvalue weighted by atomic mass is 10.1. The molecule has 104 valence electrons. The van der Waals surface area contributed by atoms with E-state index >= 15 is 0 Å². The van der Waals surface area contributed by atoms with Crippen LogP contribution >= 0.6 is 11.8 Å². The van der Waals surface area contributed by atoms with Crippen molar-refractivity contribution in [2.45, 2.75) is 52.2 Å². The van der Waals surface area contributed by atoms with Gasteiger partial charge in [0, 0.05) is 5.25 Å². The molecule has 0 heterocycles. The highest BCUT2D eigenvalue weighted by molar-refractivity contribution is 7.99. The molecule has 0 aromatic heterocycles. The summed E-state index contributed by atoms with van der Waals surface area (Å²) in [6, 6.07) is 0. The summed E-state index contributed by atoms with van der Waals surface area (Å²) < 4.78 is 0. The zero-order chi connectivity index (χ0) is 14.0. The normalized spacial score (nSPS) is 14.6. The average molecular weight is 268 g/mol. The molecule has 0 bridgehead atoms. The lowest BCUT2D eigenvalue weighted by Gasteiger charge is -2.13. The zero-order valence-corrected chi connectivity index (χ0v) is 13.3. The highest BCUT2D eigenvalue weighted by Crippen LogP contribution is 2.21. The summed E-state index contributed by atoms with van der Waals surface area (Å²) in [5.41, 5.74) is 4.13. The third-order valence-corrected chi connectivity index (χ3v) is 4.11. The van der Waals surface area contributed by atoms with Crippen LogP contribution < -0.4 is 0 Å². The molecule has 0 amide bonds. The number of hydrogen-bond donors (Lipinski definition) is 1. The molecule has 2 heteroatoms. The molecule has 0 radical (unpaired) electrons. The Balaban J connectivity index is 4.24. The lowest BCUT2D eigenvalue weighted by Crippen LogP contribution is -2.03. The quantitative estimate of drug-likeness (QED) is 0.642. The lowest BCUT2D eigenvalue weighted by molar-refractivity contribution is 0.341. The Morgan fingerprint density at radius 1 is 1.11 bits per heavy atom. The van der Waals surface area contributed by atoms with Crippen molar-refractivity contribution in [3.63, 3.8) is 0 Å². The predicted molar refractivity (Wildman–Crippen MR) is 85.2 cm³/mol. The second kappa shape index (κ2) is 10.5. The van der Waals surface area contributed by atoms with Gasteiger partial charge >= 0.3 is 0 Å². The summed E-state index contributed by atoms with van der Waals surface area (Å²) in [5.74, 6) is 0. The van der Waals surface area contributed by atoms with E-state index < -0.39 is 0 Å². The summed E-state index contributed by atoms with van der Waals surface area (Å²) >= 11 is 1.85. The van der Waals surface area contributed by atoms with E-state index in [2.05, 4.69) is 46.1 Å². The van der Waals surface area contributed by atoms with E-state index in [1.807, 2.05) is 17.8 Å². The first-order valence-corrected chi connectivity index (χ1v) is 7.89. The van der Waals surface area contributed by atoms with E-state index in [1.54, 1.807) is 0 Å². The van der Waals surface area contributed by atoms with Crippen LogP contribution in [0.5, 0.6) is 0 Å². The Bertz CT molecular complexity index is 309. The van der Waals surface area contributed by atoms with Gasteiger partial charge in [0.25, 0.3) is 0 Å². The standard InChI is InChI=1S/C16H28OS/c1-13(2)7-6-8-14(3)9-10-16(18-5)15(4)11-12-17/h7,9,11,16-17H,6,8,10,12H2,1-5H3/b14-9+,15-11+/t16-/m1/s1. The first-order chi connectivity index (χ1) is 8.51. The smallest absolute Gasteiger partial charge is 0.0615 e. The summed E-state index contributed by atoms with van der Waals surface area (Å²) in [6.45, 7) is 8.74. The monoisotopic (exact) mass is 268 g/mol. The molecule has 0 rings (SSSR count). The van der Waals surface area contributed by atoms with Crippen molar-refractivity contribution in [1.82, 2.24) is 0 Å². The molecular formula is C16H28OS. The van der Waals surface area contributed by atoms with Crippen molar-refractivity contribution in [2.75, 3.05) is 12.9 Å². The SMILES string of the molecule is CS[C@H](C/C=C(\C)CCC=C(C)C)/C(C)=C/CO. The van der Waals surface area contributed by atoms with E-state index in [9.17, 15) is 0 Å². The molecule has 0 saturated heterocycles. The van der Waals surface area contributed by atoms with Crippen LogP contribution in [0.4, 0.5) is 0 Å². The van der Waals surface area contributed by atoms with Gasteiger partial charge in [-0.25, -0.2) is 0 Å². The Morgan fingerprint density at radius 3 is 2.28 bits per heavy atom. The molecule has 1 atom stereocenters. The molecular weight excluding hydrogens is 240 g/mol. The van der Waals surface area contributed by atoms with Crippen LogP contribution in [0.3, 0.4) is 0 Å². The van der Waals surface area contributed by atoms with Gasteiger partial charge in [-0.3, -0.25) is 0 Å². The minimum Gasteiger partial charge on any atom is -0.392 e. The Labute approximate surface area is 117 Å². The molecule has 18 heavy (non-hydrogen) atoms. The van der Waals surface area contributed by atoms with Crippen molar-refractivity contribution >= 4 is 11.8 Å². The third kappa shape index (κ3) is 8.60. The average Bonchev–Trinajstić information content (AvgIpc) is 2.29. The fraction of sp³-hybridized carbons (Fsp3) is 0.625. The maximum Gasteiger partial charge on any atom is 0.0615 e. The van der Waals surface area contributed by atoms with Crippen LogP contribution in [-0.2, 0) is 0 Å². The van der Waals surface area contributed by atoms with Crippen LogP contribution in [0.1, 0.15) is 47.0 Å². The number of hydrogen-bond acceptors (Lipinski definition) is 2. The molecule has 1 N–H and O–H groups in total. The van der Waals surface area contributed by atoms with Gasteiger partial charge in [0.05, 0.1) is 6.61 Å². The number of thioether (sulfide) groups is 1. The van der Waals surface area contributed by atoms with Crippen molar-refractivity contribution in [3.05, 3.63) is 34.9 Å². The molecule has 0 aliphatic carbocycles. The van der Waals surface area contributed by atoms with E-state index in [-0.39, 0.29) is 6.61 Å². The van der Waals surface area contributed by atoms with Gasteiger partial charge in [0.2, 0.25) is 0 Å². The maximum absolute atomic E-state index is 8.92. The number of allylic oxidation sites excluding steroid dienone is 4. The van der Waals surface area contributed by atoms with E-state index in [1.165, 1.54) is 16.7 Å². The van der Waals surface area contributed by atoms with Gasteiger partial charge in [0.15, 0.2) is 0 Å². The van der Waals surface area contributed by atoms with Crippen LogP contribution in [0.25, 0.3) is 0 Å². The molecule has 0 aliphatic rings. The molecule has 0 spiro atoms. The predicted octanol–water partition coefficient (Wildman–Crippen LogP) is 4.74. The molecule has 0 aromatic rings. The third-order valence-electron chi connectivity index (χ3n) is 2.98. The molecule has 0 saturated carbocycles. The van der Waals surface area contributed by atoms with Crippen LogP contribution in [0, 0.1) is 0 Å². The first kappa shape index (κ1) is 17.5. The van der Waals surface area contributed by atoms with E-state index in [0.29, 0.717) is 5.25 Å². The highest BCUT2D eigenvalue weighted by Gasteiger charge is 2.06. The summed E-state index contributed by atoms with van der Waals surface area (Å²) in [5, 5.41) is 9.41. The van der Waals surface area contributed by atoms with Crippen molar-refractivity contribution < 1.29 is 5.11 Å². The minimum atomic E-state index is 0.145. The van der Waals surface area contributed by atoms with Crippen LogP contribution in [0.2, 0.25) is 0 Å². The van der Waals surface area contributed by atoms with Gasteiger partial charge in [-0.15, -0.1) is 0 Å². The highest BCUT2D eigenvalue weighted by atomic mass is 32.2. The Morgan fingerprint density at radius 2 is 1.78 bits per heavy atom. The van der Waals surface area contributed by atoms with Crippen molar-refractivity contribution in [2.24, 2.45) is 0 Å². The van der Waals surface area contributed by atoms with Crippen LogP contribution in [0.15, 0.2) is 34.9 Å². The Kier molecular flexibility index (Phi) is 10.2. The second-order valence-corrected chi connectivity index (χ2v) is 6.00. The summed E-state index contributed by atoms with van der Waals surface area (Å²) in [7, 11) is 0. The molecule has 1 nitrogen and oxygen atoms in total. The van der Waals surface area contributed by atoms with Crippen molar-refractivity contribution in [1.29, 1.82) is 0 Å². The van der Waals surface area contributed by atoms with Gasteiger partial charge in [-0.05, 0) is 53.2 Å². The largest absolute Gasteiger partial charge is 0.392 e. The fourth-order valence-electron chi connectivity index (χ4n) is 1.74. The second-order valence-electron chi connectivity index (χ2n) is 4.96. The fourth-order valence-corrected chi connectivity index (χ4v) is 2.50.